The van der Waals surface area contributed by atoms with Crippen LogP contribution in [0, 0.1) is 12.6 Å². The van der Waals surface area contributed by atoms with E-state index < -0.39 is 0 Å². The van der Waals surface area contributed by atoms with E-state index in [1.807, 2.05) is 0 Å². The maximum absolute atomic E-state index is 6.55. The average molecular weight is 191 g/mol. The normalized spacial score (nSPS) is 7.00. The summed E-state index contributed by atoms with van der Waals surface area (Å²) < 4.78 is 0. The number of nitrogens with zero attached hydrogens (tertiary/aromatic N) is 1. The summed E-state index contributed by atoms with van der Waals surface area (Å²) >= 11 is 0. The Kier molecular flexibility index (Phi) is 4.57. The predicted molar refractivity (Wildman–Crippen MR) is 31.5 cm³/mol. The summed E-state index contributed by atoms with van der Waals surface area (Å²) in [4.78, 5) is 3.20. The molecule has 0 heterocycles. The molecule has 0 atom stereocenters. The summed E-state index contributed by atoms with van der Waals surface area (Å²) in [5.74, 6) is 0. The molecule has 0 aliphatic rings. The first-order chi connectivity index (χ1) is 3.93. The Labute approximate surface area is 79.8 Å². The van der Waals surface area contributed by atoms with Crippen LogP contribution in [0.25, 0.3) is 4.85 Å². The van der Waals surface area contributed by atoms with Crippen LogP contribution in [0.15, 0.2) is 24.3 Å². The van der Waals surface area contributed by atoms with E-state index in [1.54, 1.807) is 24.3 Å². The van der Waals surface area contributed by atoms with E-state index in [4.69, 9.17) is 6.57 Å². The Hall–Kier alpha value is -0.186. The third kappa shape index (κ3) is 2.74. The molecule has 0 fully saturated rings. The Morgan fingerprint density at radius 2 is 1.89 bits per heavy atom. The third-order valence-corrected chi connectivity index (χ3v) is 0.830. The van der Waals surface area contributed by atoms with Crippen LogP contribution in [-0.4, -0.2) is 0 Å². The molecule has 0 spiro atoms. The largest absolute Gasteiger partial charge is 0.265 e. The van der Waals surface area contributed by atoms with Crippen molar-refractivity contribution in [1.82, 2.24) is 0 Å². The van der Waals surface area contributed by atoms with Crippen LogP contribution in [0.3, 0.4) is 0 Å². The van der Waals surface area contributed by atoms with E-state index in [1.165, 1.54) is 0 Å². The second-order valence-electron chi connectivity index (χ2n) is 1.37. The first kappa shape index (κ1) is 8.81. The van der Waals surface area contributed by atoms with Crippen molar-refractivity contribution in [2.24, 2.45) is 0 Å². The molecule has 0 saturated heterocycles. The van der Waals surface area contributed by atoms with E-state index in [-0.39, 0.29) is 32.7 Å². The minimum Gasteiger partial charge on any atom is -0.265 e. The molecule has 41 valence electrons. The van der Waals surface area contributed by atoms with E-state index >= 15 is 0 Å². The Morgan fingerprint density at radius 3 is 2.22 bits per heavy atom. The average Bonchev–Trinajstić information content (AvgIpc) is 1.90. The molecule has 1 radical (unpaired) electrons. The molecular weight excluding hydrogens is 187 g/mol. The van der Waals surface area contributed by atoms with Crippen molar-refractivity contribution in [3.8, 4) is 0 Å². The molecule has 0 aliphatic carbocycles. The van der Waals surface area contributed by atoms with E-state index in [9.17, 15) is 0 Å². The monoisotopic (exact) mass is 191 g/mol. The van der Waals surface area contributed by atoms with Crippen molar-refractivity contribution in [2.75, 3.05) is 0 Å². The Bertz CT molecular complexity index is 200. The zero-order valence-corrected chi connectivity index (χ0v) is 7.67. The Morgan fingerprint density at radius 1 is 1.33 bits per heavy atom. The fourth-order valence-corrected chi connectivity index (χ4v) is 0.453. The van der Waals surface area contributed by atoms with Crippen molar-refractivity contribution in [2.45, 2.75) is 0 Å². The van der Waals surface area contributed by atoms with Crippen LogP contribution in [-0.2, 0) is 32.7 Å². The fraction of sp³-hybridized carbons (Fsp3) is 0. The van der Waals surface area contributed by atoms with Crippen LogP contribution in [0.4, 0.5) is 5.69 Å². The quantitative estimate of drug-likeness (QED) is 0.552. The van der Waals surface area contributed by atoms with Crippen molar-refractivity contribution < 1.29 is 32.7 Å². The molecule has 1 nitrogen and oxygen atoms in total. The minimum absolute atomic E-state index is 0. The number of benzene rings is 1. The van der Waals surface area contributed by atoms with Crippen LogP contribution in [0.1, 0.15) is 0 Å². The van der Waals surface area contributed by atoms with Crippen LogP contribution in [0.2, 0.25) is 0 Å². The minimum atomic E-state index is 0. The molecule has 9 heavy (non-hydrogen) atoms. The van der Waals surface area contributed by atoms with E-state index in [0.29, 0.717) is 5.69 Å². The molecule has 0 saturated carbocycles. The summed E-state index contributed by atoms with van der Waals surface area (Å²) in [6, 6.07) is 9.74. The van der Waals surface area contributed by atoms with E-state index in [2.05, 4.69) is 10.9 Å². The van der Waals surface area contributed by atoms with Gasteiger partial charge in [-0.1, -0.05) is 0 Å². The number of rotatable bonds is 0. The molecule has 1 aromatic carbocycles. The molecule has 0 bridgehead atoms. The summed E-state index contributed by atoms with van der Waals surface area (Å²) in [5, 5.41) is 0. The zero-order chi connectivity index (χ0) is 5.82. The standard InChI is InChI=1S/C7H4N.Y/c1-8-7-5-3-2-4-6-7;/h3-6H;/q-1;. The van der Waals surface area contributed by atoms with Crippen molar-refractivity contribution in [1.29, 1.82) is 0 Å². The molecule has 1 rings (SSSR count). The van der Waals surface area contributed by atoms with Crippen LogP contribution < -0.4 is 0 Å². The fourth-order valence-electron chi connectivity index (χ4n) is 0.453. The van der Waals surface area contributed by atoms with Gasteiger partial charge in [0.05, 0.1) is 12.3 Å². The van der Waals surface area contributed by atoms with Gasteiger partial charge in [-0.25, -0.2) is 0 Å². The summed E-state index contributed by atoms with van der Waals surface area (Å²) in [6.45, 7) is 6.55. The molecule has 0 amide bonds. The molecule has 0 N–H and O–H groups in total. The van der Waals surface area contributed by atoms with Gasteiger partial charge in [-0.2, -0.15) is 30.3 Å². The topological polar surface area (TPSA) is 4.36 Å². The number of hydrogen-bond donors (Lipinski definition) is 0. The van der Waals surface area contributed by atoms with Gasteiger partial charge < -0.3 is 0 Å². The second-order valence-corrected chi connectivity index (χ2v) is 1.37. The third-order valence-electron chi connectivity index (χ3n) is 0.830. The first-order valence-corrected chi connectivity index (χ1v) is 2.27. The van der Waals surface area contributed by atoms with Crippen molar-refractivity contribution >= 4 is 5.69 Å². The molecule has 0 unspecified atom stereocenters. The van der Waals surface area contributed by atoms with Gasteiger partial charge >= 0.3 is 0 Å². The molecule has 0 aromatic heterocycles. The SMILES string of the molecule is [C-]#[N+]c1cc[c-]cc1.[Y]. The van der Waals surface area contributed by atoms with Crippen LogP contribution >= 0.6 is 0 Å². The maximum Gasteiger partial charge on any atom is 0.0899 e. The maximum atomic E-state index is 6.55. The Balaban J connectivity index is 0.000000640. The second kappa shape index (κ2) is 4.67. The number of hydrogen-bond acceptors (Lipinski definition) is 0. The van der Waals surface area contributed by atoms with Gasteiger partial charge in [-0.15, -0.1) is 0 Å². The summed E-state index contributed by atoms with van der Waals surface area (Å²) in [5.41, 5.74) is 0.670. The van der Waals surface area contributed by atoms with Gasteiger partial charge in [0.25, 0.3) is 0 Å². The van der Waals surface area contributed by atoms with Gasteiger partial charge in [-0.3, -0.25) is 4.85 Å². The first-order valence-electron chi connectivity index (χ1n) is 2.27. The van der Waals surface area contributed by atoms with Gasteiger partial charge in [0.1, 0.15) is 0 Å². The van der Waals surface area contributed by atoms with Gasteiger partial charge in [0.2, 0.25) is 0 Å². The van der Waals surface area contributed by atoms with Crippen molar-refractivity contribution in [3.63, 3.8) is 0 Å². The zero-order valence-electron chi connectivity index (χ0n) is 4.83. The van der Waals surface area contributed by atoms with Gasteiger partial charge in [-0.05, 0) is 0 Å². The molecule has 2 heteroatoms. The van der Waals surface area contributed by atoms with Crippen LogP contribution in [0.5, 0.6) is 0 Å². The van der Waals surface area contributed by atoms with E-state index in [0.717, 1.165) is 0 Å². The van der Waals surface area contributed by atoms with Gasteiger partial charge in [0, 0.05) is 32.7 Å². The van der Waals surface area contributed by atoms with Crippen molar-refractivity contribution in [3.05, 3.63) is 41.7 Å². The predicted octanol–water partition coefficient (Wildman–Crippen LogP) is 2.04. The molecular formula is C7H4NY-. The summed E-state index contributed by atoms with van der Waals surface area (Å²) in [6.07, 6.45) is 0. The molecule has 1 aromatic rings. The molecule has 0 aliphatic heterocycles. The summed E-state index contributed by atoms with van der Waals surface area (Å²) in [7, 11) is 0. The smallest absolute Gasteiger partial charge is 0.0899 e. The van der Waals surface area contributed by atoms with Gasteiger partial charge in [0.15, 0.2) is 0 Å².